The van der Waals surface area contributed by atoms with E-state index >= 15 is 0 Å². The third kappa shape index (κ3) is 2.86. The lowest BCUT2D eigenvalue weighted by molar-refractivity contribution is 0.311. The molecule has 2 aromatic rings. The van der Waals surface area contributed by atoms with Crippen molar-refractivity contribution in [1.82, 2.24) is 15.1 Å². The van der Waals surface area contributed by atoms with Gasteiger partial charge in [0.2, 0.25) is 0 Å². The number of halogens is 1. The van der Waals surface area contributed by atoms with Crippen LogP contribution >= 0.6 is 11.6 Å². The van der Waals surface area contributed by atoms with E-state index in [0.29, 0.717) is 5.88 Å². The first-order valence-electron chi connectivity index (χ1n) is 7.12. The van der Waals surface area contributed by atoms with E-state index in [0.717, 1.165) is 44.7 Å². The summed E-state index contributed by atoms with van der Waals surface area (Å²) in [5.74, 6) is 0.708. The van der Waals surface area contributed by atoms with Crippen molar-refractivity contribution in [3.05, 3.63) is 30.5 Å². The zero-order valence-corrected chi connectivity index (χ0v) is 12.3. The third-order valence-corrected chi connectivity index (χ3v) is 4.02. The third-order valence-electron chi connectivity index (χ3n) is 3.86. The molecule has 0 saturated carbocycles. The maximum Gasteiger partial charge on any atom is 0.0950 e. The maximum absolute atomic E-state index is 5.85. The molecule has 1 fully saturated rings. The minimum atomic E-state index is 0.708. The zero-order valence-electron chi connectivity index (χ0n) is 11.5. The summed E-state index contributed by atoms with van der Waals surface area (Å²) in [7, 11) is 0. The number of hydrogen-bond donors (Lipinski definition) is 0. The maximum atomic E-state index is 5.85. The number of anilines is 1. The Kier molecular flexibility index (Phi) is 4.33. The smallest absolute Gasteiger partial charge is 0.0950 e. The van der Waals surface area contributed by atoms with Crippen LogP contribution in [0.2, 0.25) is 0 Å². The van der Waals surface area contributed by atoms with E-state index in [1.54, 1.807) is 0 Å². The average molecular weight is 291 g/mol. The van der Waals surface area contributed by atoms with Gasteiger partial charge < -0.3 is 9.80 Å². The van der Waals surface area contributed by atoms with Gasteiger partial charge in [-0.25, -0.2) is 0 Å². The number of benzene rings is 1. The molecule has 3 rings (SSSR count). The Morgan fingerprint density at radius 2 is 2.00 bits per heavy atom. The highest BCUT2D eigenvalue weighted by atomic mass is 35.5. The minimum absolute atomic E-state index is 0.708. The van der Waals surface area contributed by atoms with E-state index in [1.165, 1.54) is 11.1 Å². The van der Waals surface area contributed by atoms with E-state index in [4.69, 9.17) is 11.6 Å². The fourth-order valence-corrected chi connectivity index (χ4v) is 3.04. The molecule has 0 atom stereocenters. The molecule has 106 valence electrons. The lowest BCUT2D eigenvalue weighted by Crippen LogP contribution is -2.32. The summed E-state index contributed by atoms with van der Waals surface area (Å²) in [5, 5.41) is 9.54. The molecular formula is C15H19ClN4. The molecule has 5 heteroatoms. The topological polar surface area (TPSA) is 32.3 Å². The number of hydrogen-bond acceptors (Lipinski definition) is 4. The van der Waals surface area contributed by atoms with Crippen LogP contribution in [0.15, 0.2) is 30.5 Å². The van der Waals surface area contributed by atoms with Gasteiger partial charge in [0, 0.05) is 37.4 Å². The Labute approximate surface area is 124 Å². The molecular weight excluding hydrogens is 272 g/mol. The first kappa shape index (κ1) is 13.6. The monoisotopic (exact) mass is 290 g/mol. The molecule has 1 aliphatic heterocycles. The molecule has 0 bridgehead atoms. The van der Waals surface area contributed by atoms with Gasteiger partial charge >= 0.3 is 0 Å². The van der Waals surface area contributed by atoms with Crippen molar-refractivity contribution in [2.75, 3.05) is 43.5 Å². The molecule has 0 spiro atoms. The molecule has 0 N–H and O–H groups in total. The molecule has 1 saturated heterocycles. The second-order valence-electron chi connectivity index (χ2n) is 5.12. The predicted molar refractivity (Wildman–Crippen MR) is 83.5 cm³/mol. The Morgan fingerprint density at radius 3 is 2.90 bits per heavy atom. The van der Waals surface area contributed by atoms with Crippen LogP contribution in [0.25, 0.3) is 10.9 Å². The van der Waals surface area contributed by atoms with E-state index in [1.807, 2.05) is 18.3 Å². The fourth-order valence-electron chi connectivity index (χ4n) is 2.80. The van der Waals surface area contributed by atoms with E-state index < -0.39 is 0 Å². The molecule has 0 aliphatic carbocycles. The van der Waals surface area contributed by atoms with Gasteiger partial charge in [0.25, 0.3) is 0 Å². The average Bonchev–Trinajstić information content (AvgIpc) is 2.73. The molecule has 0 unspecified atom stereocenters. The minimum Gasteiger partial charge on any atom is -0.368 e. The van der Waals surface area contributed by atoms with Crippen LogP contribution in [0.5, 0.6) is 0 Å². The van der Waals surface area contributed by atoms with Crippen LogP contribution in [-0.2, 0) is 0 Å². The summed E-state index contributed by atoms with van der Waals surface area (Å²) in [4.78, 5) is 4.86. The van der Waals surface area contributed by atoms with Gasteiger partial charge in [-0.05, 0) is 19.0 Å². The van der Waals surface area contributed by atoms with E-state index in [-0.39, 0.29) is 0 Å². The second kappa shape index (κ2) is 6.37. The summed E-state index contributed by atoms with van der Waals surface area (Å²) in [6.45, 7) is 5.24. The van der Waals surface area contributed by atoms with Crippen LogP contribution in [-0.4, -0.2) is 53.7 Å². The van der Waals surface area contributed by atoms with Crippen molar-refractivity contribution in [2.24, 2.45) is 0 Å². The second-order valence-corrected chi connectivity index (χ2v) is 5.50. The Balaban J connectivity index is 1.84. The molecule has 1 aromatic carbocycles. The van der Waals surface area contributed by atoms with E-state index in [9.17, 15) is 0 Å². The van der Waals surface area contributed by atoms with Gasteiger partial charge in [0.1, 0.15) is 0 Å². The number of rotatable bonds is 3. The van der Waals surface area contributed by atoms with E-state index in [2.05, 4.69) is 32.1 Å². The Bertz CT molecular complexity index is 569. The van der Waals surface area contributed by atoms with Gasteiger partial charge in [0.15, 0.2) is 0 Å². The van der Waals surface area contributed by atoms with Gasteiger partial charge in [-0.3, -0.25) is 0 Å². The van der Waals surface area contributed by atoms with Gasteiger partial charge in [-0.1, -0.05) is 18.2 Å². The van der Waals surface area contributed by atoms with Crippen LogP contribution < -0.4 is 4.90 Å². The lowest BCUT2D eigenvalue weighted by atomic mass is 10.2. The lowest BCUT2D eigenvalue weighted by Gasteiger charge is -2.24. The van der Waals surface area contributed by atoms with Crippen molar-refractivity contribution in [3.63, 3.8) is 0 Å². The zero-order chi connectivity index (χ0) is 13.8. The highest BCUT2D eigenvalue weighted by Crippen LogP contribution is 2.24. The first-order valence-corrected chi connectivity index (χ1v) is 7.65. The number of alkyl halides is 1. The Hall–Kier alpha value is -1.39. The molecule has 1 aromatic heterocycles. The van der Waals surface area contributed by atoms with Gasteiger partial charge in [-0.2, -0.15) is 10.2 Å². The van der Waals surface area contributed by atoms with Crippen LogP contribution in [0.4, 0.5) is 5.69 Å². The summed E-state index contributed by atoms with van der Waals surface area (Å²) in [6, 6.07) is 8.21. The van der Waals surface area contributed by atoms with Crippen LogP contribution in [0.1, 0.15) is 6.42 Å². The highest BCUT2D eigenvalue weighted by Gasteiger charge is 2.16. The summed E-state index contributed by atoms with van der Waals surface area (Å²) < 4.78 is 0. The van der Waals surface area contributed by atoms with Crippen molar-refractivity contribution >= 4 is 28.2 Å². The number of aromatic nitrogens is 2. The van der Waals surface area contributed by atoms with Gasteiger partial charge in [-0.15, -0.1) is 11.6 Å². The molecule has 4 nitrogen and oxygen atoms in total. The molecule has 0 amide bonds. The number of fused-ring (bicyclic) bond motifs is 1. The Morgan fingerprint density at radius 1 is 1.10 bits per heavy atom. The van der Waals surface area contributed by atoms with Crippen LogP contribution in [0.3, 0.4) is 0 Å². The van der Waals surface area contributed by atoms with Crippen molar-refractivity contribution in [3.8, 4) is 0 Å². The molecule has 20 heavy (non-hydrogen) atoms. The summed E-state index contributed by atoms with van der Waals surface area (Å²) in [5.41, 5.74) is 2.16. The summed E-state index contributed by atoms with van der Waals surface area (Å²) >= 11 is 5.85. The largest absolute Gasteiger partial charge is 0.368 e. The summed E-state index contributed by atoms with van der Waals surface area (Å²) in [6.07, 6.45) is 3.05. The normalized spacial score (nSPS) is 17.4. The highest BCUT2D eigenvalue weighted by molar-refractivity contribution is 6.18. The predicted octanol–water partition coefficient (Wildman–Crippen LogP) is 2.38. The number of nitrogens with zero attached hydrogens (tertiary/aromatic N) is 4. The van der Waals surface area contributed by atoms with Crippen molar-refractivity contribution < 1.29 is 0 Å². The van der Waals surface area contributed by atoms with Crippen molar-refractivity contribution in [1.29, 1.82) is 0 Å². The van der Waals surface area contributed by atoms with Crippen LogP contribution in [0, 0.1) is 0 Å². The standard InChI is InChI=1S/C15H19ClN4/c16-6-9-19-7-3-8-20(11-10-19)15-12-17-18-14-5-2-1-4-13(14)15/h1-2,4-5,12H,3,6-11H2. The fraction of sp³-hybridized carbons (Fsp3) is 0.467. The SMILES string of the molecule is ClCCN1CCCN(c2cnnc3ccccc23)CC1. The molecule has 0 radical (unpaired) electrons. The molecule has 2 heterocycles. The molecule has 1 aliphatic rings. The van der Waals surface area contributed by atoms with Crippen molar-refractivity contribution in [2.45, 2.75) is 6.42 Å². The van der Waals surface area contributed by atoms with Gasteiger partial charge in [0.05, 0.1) is 17.4 Å². The first-order chi connectivity index (χ1) is 9.88. The quantitative estimate of drug-likeness (QED) is 0.813.